The predicted octanol–water partition coefficient (Wildman–Crippen LogP) is 3.97. The van der Waals surface area contributed by atoms with Crippen molar-refractivity contribution in [3.8, 4) is 0 Å². The van der Waals surface area contributed by atoms with Crippen molar-refractivity contribution >= 4 is 53.8 Å². The highest BCUT2D eigenvalue weighted by Crippen LogP contribution is 2.29. The Morgan fingerprint density at radius 2 is 1.63 bits per heavy atom. The Hall–Kier alpha value is -2.94. The van der Waals surface area contributed by atoms with Gasteiger partial charge in [-0.2, -0.15) is 0 Å². The maximum atomic E-state index is 12.7. The van der Waals surface area contributed by atoms with E-state index in [9.17, 15) is 13.2 Å². The van der Waals surface area contributed by atoms with Crippen LogP contribution < -0.4 is 10.2 Å². The maximum Gasteiger partial charge on any atom is 0.284 e. The Kier molecular flexibility index (Phi) is 4.31. The van der Waals surface area contributed by atoms with E-state index in [0.29, 0.717) is 10.6 Å². The topological polar surface area (TPSA) is 95.5 Å². The molecule has 1 heterocycles. The molecule has 1 amide bonds. The van der Waals surface area contributed by atoms with Gasteiger partial charge in [0.15, 0.2) is 0 Å². The van der Waals surface area contributed by atoms with Crippen LogP contribution in [0.4, 0.5) is 5.69 Å². The largest absolute Gasteiger partial charge is 0.288 e. The third kappa shape index (κ3) is 3.37. The lowest BCUT2D eigenvalue weighted by atomic mass is 10.1. The lowest BCUT2D eigenvalue weighted by Crippen LogP contribution is -2.16. The molecule has 0 saturated carbocycles. The van der Waals surface area contributed by atoms with Gasteiger partial charge >= 0.3 is 0 Å². The van der Waals surface area contributed by atoms with E-state index in [1.807, 2.05) is 24.3 Å². The number of thiophene rings is 1. The van der Waals surface area contributed by atoms with E-state index in [1.165, 1.54) is 0 Å². The second-order valence-electron chi connectivity index (χ2n) is 5.92. The van der Waals surface area contributed by atoms with Crippen LogP contribution in [0.15, 0.2) is 71.6 Å². The molecule has 0 aliphatic rings. The maximum absolute atomic E-state index is 12.7. The molecule has 0 atom stereocenters. The van der Waals surface area contributed by atoms with Crippen LogP contribution in [0.2, 0.25) is 0 Å². The van der Waals surface area contributed by atoms with Gasteiger partial charge < -0.3 is 0 Å². The van der Waals surface area contributed by atoms with Crippen LogP contribution in [-0.4, -0.2) is 19.5 Å². The van der Waals surface area contributed by atoms with Gasteiger partial charge in [0.05, 0.1) is 15.5 Å². The molecule has 0 unspecified atom stereocenters. The van der Waals surface area contributed by atoms with Gasteiger partial charge in [-0.3, -0.25) is 14.7 Å². The van der Waals surface area contributed by atoms with Crippen molar-refractivity contribution in [1.82, 2.24) is 5.48 Å². The summed E-state index contributed by atoms with van der Waals surface area (Å²) in [4.78, 5) is 12.0. The van der Waals surface area contributed by atoms with E-state index in [2.05, 4.69) is 4.72 Å². The molecular weight excluding hydrogens is 384 g/mol. The molecule has 0 fully saturated rings. The molecule has 0 radical (unpaired) electrons. The summed E-state index contributed by atoms with van der Waals surface area (Å²) in [6.07, 6.45) is 0. The van der Waals surface area contributed by atoms with E-state index in [-0.39, 0.29) is 4.90 Å². The van der Waals surface area contributed by atoms with E-state index in [4.69, 9.17) is 5.21 Å². The molecule has 0 aliphatic heterocycles. The fraction of sp³-hybridized carbons (Fsp3) is 0. The minimum Gasteiger partial charge on any atom is -0.288 e. The quantitative estimate of drug-likeness (QED) is 0.358. The van der Waals surface area contributed by atoms with Gasteiger partial charge in [-0.15, -0.1) is 11.3 Å². The molecular formula is C19H14N2O4S2. The SMILES string of the molecule is O=C(NO)c1cc2ccc(NS(=O)(=O)c3ccc4ccccc4c3)cc2s1. The Labute approximate surface area is 159 Å². The van der Waals surface area contributed by atoms with Crippen LogP contribution in [0.3, 0.4) is 0 Å². The first-order chi connectivity index (χ1) is 13.0. The highest BCUT2D eigenvalue weighted by atomic mass is 32.2. The number of anilines is 1. The van der Waals surface area contributed by atoms with Gasteiger partial charge in [-0.25, -0.2) is 13.9 Å². The number of sulfonamides is 1. The third-order valence-corrected chi connectivity index (χ3v) is 6.60. The second kappa shape index (κ2) is 6.66. The van der Waals surface area contributed by atoms with E-state index in [0.717, 1.165) is 32.2 Å². The summed E-state index contributed by atoms with van der Waals surface area (Å²) in [6, 6.07) is 19.2. The molecule has 6 nitrogen and oxygen atoms in total. The summed E-state index contributed by atoms with van der Waals surface area (Å²) in [5, 5.41) is 11.3. The molecule has 3 N–H and O–H groups in total. The average Bonchev–Trinajstić information content (AvgIpc) is 3.10. The number of rotatable bonds is 4. The molecule has 1 aromatic heterocycles. The summed E-state index contributed by atoms with van der Waals surface area (Å²) >= 11 is 1.16. The van der Waals surface area contributed by atoms with Gasteiger partial charge in [0.25, 0.3) is 15.9 Å². The van der Waals surface area contributed by atoms with Crippen molar-refractivity contribution in [3.63, 3.8) is 0 Å². The minimum absolute atomic E-state index is 0.174. The molecule has 27 heavy (non-hydrogen) atoms. The number of benzene rings is 3. The zero-order valence-electron chi connectivity index (χ0n) is 13.8. The van der Waals surface area contributed by atoms with Crippen LogP contribution in [0, 0.1) is 0 Å². The van der Waals surface area contributed by atoms with Crippen molar-refractivity contribution in [2.45, 2.75) is 4.90 Å². The second-order valence-corrected chi connectivity index (χ2v) is 8.68. The highest BCUT2D eigenvalue weighted by molar-refractivity contribution is 7.92. The van der Waals surface area contributed by atoms with Crippen molar-refractivity contribution in [3.05, 3.63) is 71.6 Å². The van der Waals surface area contributed by atoms with Crippen LogP contribution >= 0.6 is 11.3 Å². The van der Waals surface area contributed by atoms with Gasteiger partial charge in [0.1, 0.15) is 0 Å². The van der Waals surface area contributed by atoms with Crippen molar-refractivity contribution in [1.29, 1.82) is 0 Å². The molecule has 4 aromatic rings. The molecule has 8 heteroatoms. The minimum atomic E-state index is -3.75. The third-order valence-electron chi connectivity index (χ3n) is 4.13. The smallest absolute Gasteiger partial charge is 0.284 e. The lowest BCUT2D eigenvalue weighted by molar-refractivity contribution is 0.0711. The number of amides is 1. The van der Waals surface area contributed by atoms with Crippen molar-refractivity contribution in [2.75, 3.05) is 4.72 Å². The molecule has 0 aliphatic carbocycles. The number of carbonyl (C=O) groups excluding carboxylic acids is 1. The Balaban J connectivity index is 1.67. The molecule has 4 rings (SSSR count). The number of carbonyl (C=O) groups is 1. The van der Waals surface area contributed by atoms with Crippen molar-refractivity contribution in [2.24, 2.45) is 0 Å². The van der Waals surface area contributed by atoms with Crippen molar-refractivity contribution < 1.29 is 18.4 Å². The standard InChI is InChI=1S/C19H14N2O4S2/c22-19(20-23)18-10-14-5-7-15(11-17(14)26-18)21-27(24,25)16-8-6-12-3-1-2-4-13(12)9-16/h1-11,21,23H,(H,20,22). The fourth-order valence-electron chi connectivity index (χ4n) is 2.81. The summed E-state index contributed by atoms with van der Waals surface area (Å²) in [5.74, 6) is -0.602. The Morgan fingerprint density at radius 1 is 0.889 bits per heavy atom. The van der Waals surface area contributed by atoms with Gasteiger partial charge in [-0.1, -0.05) is 36.4 Å². The number of nitrogens with one attached hydrogen (secondary N) is 2. The summed E-state index contributed by atoms with van der Waals surface area (Å²) < 4.78 is 28.8. The predicted molar refractivity (Wildman–Crippen MR) is 106 cm³/mol. The first-order valence-electron chi connectivity index (χ1n) is 7.96. The first kappa shape index (κ1) is 17.5. The first-order valence-corrected chi connectivity index (χ1v) is 10.3. The summed E-state index contributed by atoms with van der Waals surface area (Å²) in [6.45, 7) is 0. The monoisotopic (exact) mass is 398 g/mol. The zero-order valence-corrected chi connectivity index (χ0v) is 15.5. The van der Waals surface area contributed by atoms with Gasteiger partial charge in [0.2, 0.25) is 0 Å². The van der Waals surface area contributed by atoms with Crippen LogP contribution in [-0.2, 0) is 10.0 Å². The van der Waals surface area contributed by atoms with Crippen LogP contribution in [0.5, 0.6) is 0 Å². The molecule has 0 saturated heterocycles. The Morgan fingerprint density at radius 3 is 2.41 bits per heavy atom. The van der Waals surface area contributed by atoms with Crippen LogP contribution in [0.1, 0.15) is 9.67 Å². The number of hydroxylamine groups is 1. The molecule has 0 spiro atoms. The van der Waals surface area contributed by atoms with E-state index in [1.54, 1.807) is 47.9 Å². The lowest BCUT2D eigenvalue weighted by Gasteiger charge is -2.09. The number of fused-ring (bicyclic) bond motifs is 2. The van der Waals surface area contributed by atoms with Crippen LogP contribution in [0.25, 0.3) is 20.9 Å². The highest BCUT2D eigenvalue weighted by Gasteiger charge is 2.16. The van der Waals surface area contributed by atoms with Gasteiger partial charge in [0, 0.05) is 4.70 Å². The normalized spacial score (nSPS) is 11.6. The Bertz CT molecular complexity index is 1280. The number of hydrogen-bond acceptors (Lipinski definition) is 5. The van der Waals surface area contributed by atoms with E-state index < -0.39 is 15.9 Å². The number of hydrogen-bond donors (Lipinski definition) is 3. The van der Waals surface area contributed by atoms with E-state index >= 15 is 0 Å². The van der Waals surface area contributed by atoms with Gasteiger partial charge in [-0.05, 0) is 46.5 Å². The zero-order chi connectivity index (χ0) is 19.0. The average molecular weight is 398 g/mol. The molecule has 3 aromatic carbocycles. The summed E-state index contributed by atoms with van der Waals surface area (Å²) in [5.41, 5.74) is 1.99. The molecule has 136 valence electrons. The molecule has 0 bridgehead atoms. The fourth-order valence-corrected chi connectivity index (χ4v) is 4.89. The summed E-state index contributed by atoms with van der Waals surface area (Å²) in [7, 11) is -3.75.